The van der Waals surface area contributed by atoms with Crippen molar-refractivity contribution in [1.29, 1.82) is 0 Å². The molecule has 144 valence electrons. The van der Waals surface area contributed by atoms with Crippen molar-refractivity contribution in [2.75, 3.05) is 67.7 Å². The van der Waals surface area contributed by atoms with Gasteiger partial charge in [-0.1, -0.05) is 0 Å². The summed E-state index contributed by atoms with van der Waals surface area (Å²) in [5, 5.41) is 3.38. The first kappa shape index (κ1) is 18.6. The number of nitrogens with zero attached hydrogens (tertiary/aromatic N) is 5. The average Bonchev–Trinajstić information content (AvgIpc) is 2.71. The molecule has 0 atom stereocenters. The summed E-state index contributed by atoms with van der Waals surface area (Å²) < 4.78 is 12.1. The van der Waals surface area contributed by atoms with E-state index >= 15 is 0 Å². The lowest BCUT2D eigenvalue weighted by molar-refractivity contribution is 0.121. The molecular weight excluding hydrogens is 459 g/mol. The second-order valence-electron chi connectivity index (χ2n) is 6.54. The number of hydrogen-bond acceptors (Lipinski definition) is 8. The van der Waals surface area contributed by atoms with Crippen LogP contribution in [0.4, 0.5) is 23.5 Å². The fourth-order valence-corrected chi connectivity index (χ4v) is 3.75. The van der Waals surface area contributed by atoms with Gasteiger partial charge in [0.15, 0.2) is 0 Å². The Hall–Kier alpha value is -1.72. The smallest absolute Gasteiger partial charge is 0.233 e. The van der Waals surface area contributed by atoms with Gasteiger partial charge >= 0.3 is 0 Å². The minimum atomic E-state index is 0.567. The summed E-state index contributed by atoms with van der Waals surface area (Å²) in [5.41, 5.74) is 2.16. The van der Waals surface area contributed by atoms with E-state index in [1.165, 1.54) is 3.57 Å². The number of anilines is 4. The van der Waals surface area contributed by atoms with Gasteiger partial charge < -0.3 is 24.6 Å². The molecule has 0 bridgehead atoms. The van der Waals surface area contributed by atoms with Gasteiger partial charge in [-0.25, -0.2) is 0 Å². The maximum Gasteiger partial charge on any atom is 0.233 e. The SMILES string of the molecule is Cc1cc(I)ccc1Nc1nc(N2CCOCC2)nc(N2CCOCC2)n1. The molecule has 2 saturated heterocycles. The molecule has 1 aromatic heterocycles. The molecule has 0 saturated carbocycles. The molecule has 8 nitrogen and oxygen atoms in total. The van der Waals surface area contributed by atoms with Crippen LogP contribution in [-0.2, 0) is 9.47 Å². The van der Waals surface area contributed by atoms with Crippen molar-refractivity contribution in [1.82, 2.24) is 15.0 Å². The van der Waals surface area contributed by atoms with Crippen molar-refractivity contribution < 1.29 is 9.47 Å². The van der Waals surface area contributed by atoms with Gasteiger partial charge in [0.2, 0.25) is 17.8 Å². The predicted molar refractivity (Wildman–Crippen MR) is 113 cm³/mol. The fraction of sp³-hybridized carbons (Fsp3) is 0.500. The Kier molecular flexibility index (Phi) is 5.89. The summed E-state index contributed by atoms with van der Waals surface area (Å²) in [4.78, 5) is 18.4. The molecule has 2 aliphatic rings. The topological polar surface area (TPSA) is 75.6 Å². The summed E-state index contributed by atoms with van der Waals surface area (Å²) in [6.45, 7) is 7.99. The lowest BCUT2D eigenvalue weighted by atomic mass is 10.2. The largest absolute Gasteiger partial charge is 0.378 e. The van der Waals surface area contributed by atoms with E-state index in [1.807, 2.05) is 0 Å². The van der Waals surface area contributed by atoms with Gasteiger partial charge in [0.1, 0.15) is 0 Å². The number of ether oxygens (including phenoxy) is 2. The minimum Gasteiger partial charge on any atom is -0.378 e. The Morgan fingerprint density at radius 2 is 1.44 bits per heavy atom. The Balaban J connectivity index is 1.65. The van der Waals surface area contributed by atoms with Crippen molar-refractivity contribution in [3.8, 4) is 0 Å². The highest BCUT2D eigenvalue weighted by molar-refractivity contribution is 14.1. The highest BCUT2D eigenvalue weighted by Crippen LogP contribution is 2.24. The molecule has 1 aromatic carbocycles. The second kappa shape index (κ2) is 8.53. The van der Waals surface area contributed by atoms with Crippen LogP contribution in [0.3, 0.4) is 0 Å². The van der Waals surface area contributed by atoms with Crippen LogP contribution in [0.15, 0.2) is 18.2 Å². The summed E-state index contributed by atoms with van der Waals surface area (Å²) in [6, 6.07) is 6.27. The zero-order valence-corrected chi connectivity index (χ0v) is 17.5. The van der Waals surface area contributed by atoms with E-state index in [0.29, 0.717) is 44.3 Å². The number of morpholine rings is 2. The third-order valence-corrected chi connectivity index (χ3v) is 5.31. The van der Waals surface area contributed by atoms with Crippen LogP contribution in [0.25, 0.3) is 0 Å². The highest BCUT2D eigenvalue weighted by Gasteiger charge is 2.21. The Bertz CT molecular complexity index is 757. The molecule has 2 fully saturated rings. The molecule has 0 unspecified atom stereocenters. The first-order valence-electron chi connectivity index (χ1n) is 9.14. The van der Waals surface area contributed by atoms with Crippen molar-refractivity contribution in [2.24, 2.45) is 0 Å². The number of benzene rings is 1. The van der Waals surface area contributed by atoms with Gasteiger partial charge in [-0.15, -0.1) is 0 Å². The zero-order chi connectivity index (χ0) is 18.6. The number of rotatable bonds is 4. The van der Waals surface area contributed by atoms with E-state index < -0.39 is 0 Å². The molecule has 0 radical (unpaired) electrons. The van der Waals surface area contributed by atoms with E-state index in [9.17, 15) is 0 Å². The van der Waals surface area contributed by atoms with Crippen LogP contribution >= 0.6 is 22.6 Å². The van der Waals surface area contributed by atoms with Gasteiger partial charge in [-0.3, -0.25) is 0 Å². The van der Waals surface area contributed by atoms with E-state index in [1.54, 1.807) is 0 Å². The summed E-state index contributed by atoms with van der Waals surface area (Å²) in [5.74, 6) is 1.96. The van der Waals surface area contributed by atoms with Gasteiger partial charge in [-0.2, -0.15) is 15.0 Å². The van der Waals surface area contributed by atoms with Crippen molar-refractivity contribution >= 4 is 46.1 Å². The third-order valence-electron chi connectivity index (χ3n) is 4.63. The fourth-order valence-electron chi connectivity index (χ4n) is 3.11. The highest BCUT2D eigenvalue weighted by atomic mass is 127. The summed E-state index contributed by atoms with van der Waals surface area (Å²) in [6.07, 6.45) is 0. The molecule has 9 heteroatoms. The molecule has 4 rings (SSSR count). The van der Waals surface area contributed by atoms with E-state index in [-0.39, 0.29) is 0 Å². The lowest BCUT2D eigenvalue weighted by Crippen LogP contribution is -2.40. The van der Waals surface area contributed by atoms with Gasteiger partial charge in [0, 0.05) is 35.4 Å². The van der Waals surface area contributed by atoms with Gasteiger partial charge in [-0.05, 0) is 53.3 Å². The molecule has 27 heavy (non-hydrogen) atoms. The molecule has 0 amide bonds. The van der Waals surface area contributed by atoms with Crippen LogP contribution in [0.5, 0.6) is 0 Å². The third kappa shape index (κ3) is 4.58. The maximum absolute atomic E-state index is 5.46. The molecule has 3 heterocycles. The lowest BCUT2D eigenvalue weighted by Gasteiger charge is -2.30. The summed E-state index contributed by atoms with van der Waals surface area (Å²) in [7, 11) is 0. The average molecular weight is 482 g/mol. The predicted octanol–water partition coefficient (Wildman–Crippen LogP) is 2.20. The number of hydrogen-bond donors (Lipinski definition) is 1. The Labute approximate surface area is 172 Å². The molecule has 2 aliphatic heterocycles. The molecular formula is C18H23IN6O2. The van der Waals surface area contributed by atoms with Crippen molar-refractivity contribution in [2.45, 2.75) is 6.92 Å². The standard InChI is InChI=1S/C18H23IN6O2/c1-13-12-14(19)2-3-15(13)20-16-21-17(24-4-8-26-9-5-24)23-18(22-16)25-6-10-27-11-7-25/h2-3,12H,4-11H2,1H3,(H,20,21,22,23). The second-order valence-corrected chi connectivity index (χ2v) is 7.79. The zero-order valence-electron chi connectivity index (χ0n) is 15.3. The first-order valence-corrected chi connectivity index (χ1v) is 10.2. The van der Waals surface area contributed by atoms with Crippen molar-refractivity contribution in [3.63, 3.8) is 0 Å². The van der Waals surface area contributed by atoms with Crippen LogP contribution in [-0.4, -0.2) is 67.6 Å². The minimum absolute atomic E-state index is 0.567. The van der Waals surface area contributed by atoms with Crippen LogP contribution < -0.4 is 15.1 Å². The van der Waals surface area contributed by atoms with Crippen LogP contribution in [0.1, 0.15) is 5.56 Å². The van der Waals surface area contributed by atoms with E-state index in [2.05, 4.69) is 72.8 Å². The van der Waals surface area contributed by atoms with Crippen LogP contribution in [0.2, 0.25) is 0 Å². The number of aromatic nitrogens is 3. The summed E-state index contributed by atoms with van der Waals surface area (Å²) >= 11 is 2.32. The molecule has 0 aliphatic carbocycles. The van der Waals surface area contributed by atoms with E-state index in [0.717, 1.165) is 37.4 Å². The first-order chi connectivity index (χ1) is 13.2. The van der Waals surface area contributed by atoms with Crippen LogP contribution in [0, 0.1) is 10.5 Å². The normalized spacial score (nSPS) is 17.9. The maximum atomic E-state index is 5.46. The monoisotopic (exact) mass is 482 g/mol. The number of halogens is 1. The Morgan fingerprint density at radius 3 is 1.96 bits per heavy atom. The quantitative estimate of drug-likeness (QED) is 0.666. The molecule has 0 spiro atoms. The number of aryl methyl sites for hydroxylation is 1. The van der Waals surface area contributed by atoms with Crippen molar-refractivity contribution in [3.05, 3.63) is 27.3 Å². The van der Waals surface area contributed by atoms with Gasteiger partial charge in [0.25, 0.3) is 0 Å². The molecule has 2 aromatic rings. The molecule has 1 N–H and O–H groups in total. The number of nitrogens with one attached hydrogen (secondary N) is 1. The van der Waals surface area contributed by atoms with E-state index in [4.69, 9.17) is 14.5 Å². The van der Waals surface area contributed by atoms with Gasteiger partial charge in [0.05, 0.1) is 26.4 Å². The Morgan fingerprint density at radius 1 is 0.889 bits per heavy atom.